The van der Waals surface area contributed by atoms with E-state index in [1.165, 1.54) is 10.9 Å². The number of benzene rings is 1. The van der Waals surface area contributed by atoms with E-state index in [1.807, 2.05) is 4.68 Å². The van der Waals surface area contributed by atoms with Crippen molar-refractivity contribution in [1.82, 2.24) is 9.78 Å². The van der Waals surface area contributed by atoms with Gasteiger partial charge in [0, 0.05) is 11.9 Å². The van der Waals surface area contributed by atoms with Gasteiger partial charge in [-0.15, -0.1) is 0 Å². The fourth-order valence-corrected chi connectivity index (χ4v) is 2.40. The Hall–Kier alpha value is -0.870. The van der Waals surface area contributed by atoms with Crippen molar-refractivity contribution in [3.05, 3.63) is 28.4 Å². The van der Waals surface area contributed by atoms with E-state index in [0.29, 0.717) is 6.54 Å². The number of aryl methyl sites for hydroxylation is 1. The summed E-state index contributed by atoms with van der Waals surface area (Å²) in [5.41, 5.74) is 7.87. The Bertz CT molecular complexity index is 476. The molecule has 0 bridgehead atoms. The second-order valence-corrected chi connectivity index (χ2v) is 4.21. The first-order valence-electron chi connectivity index (χ1n) is 5.12. The molecule has 2 N–H and O–H groups in total. The summed E-state index contributed by atoms with van der Waals surface area (Å²) in [5, 5.41) is 5.73. The van der Waals surface area contributed by atoms with Crippen molar-refractivity contribution in [1.29, 1.82) is 0 Å². The van der Waals surface area contributed by atoms with Gasteiger partial charge in [-0.05, 0) is 41.4 Å². The van der Waals surface area contributed by atoms with E-state index in [-0.39, 0.29) is 0 Å². The minimum absolute atomic E-state index is 0.662. The SMILES string of the molecule is CCn1nc2c(CCN)cccc2c1Br. The average molecular weight is 268 g/mol. The number of halogens is 1. The third kappa shape index (κ3) is 1.79. The smallest absolute Gasteiger partial charge is 0.111 e. The molecule has 15 heavy (non-hydrogen) atoms. The summed E-state index contributed by atoms with van der Waals surface area (Å²) in [5.74, 6) is 0. The molecule has 0 spiro atoms. The van der Waals surface area contributed by atoms with E-state index in [1.54, 1.807) is 0 Å². The van der Waals surface area contributed by atoms with Crippen LogP contribution in [0.15, 0.2) is 22.8 Å². The van der Waals surface area contributed by atoms with Crippen LogP contribution in [0.4, 0.5) is 0 Å². The molecule has 0 saturated heterocycles. The van der Waals surface area contributed by atoms with Gasteiger partial charge in [-0.2, -0.15) is 5.10 Å². The lowest BCUT2D eigenvalue weighted by Crippen LogP contribution is -2.03. The standard InChI is InChI=1S/C11H14BrN3/c1-2-15-11(12)9-5-3-4-8(6-7-13)10(9)14-15/h3-5H,2,6-7,13H2,1H3. The first-order valence-corrected chi connectivity index (χ1v) is 5.91. The molecule has 2 aromatic rings. The second kappa shape index (κ2) is 4.33. The highest BCUT2D eigenvalue weighted by Crippen LogP contribution is 2.26. The summed E-state index contributed by atoms with van der Waals surface area (Å²) in [7, 11) is 0. The Morgan fingerprint density at radius 3 is 2.93 bits per heavy atom. The predicted octanol–water partition coefficient (Wildman–Crippen LogP) is 2.32. The molecule has 2 rings (SSSR count). The van der Waals surface area contributed by atoms with Crippen molar-refractivity contribution in [2.45, 2.75) is 19.9 Å². The fourth-order valence-electron chi connectivity index (χ4n) is 1.75. The highest BCUT2D eigenvalue weighted by Gasteiger charge is 2.09. The Morgan fingerprint density at radius 2 is 2.27 bits per heavy atom. The van der Waals surface area contributed by atoms with E-state index in [9.17, 15) is 0 Å². The molecular weight excluding hydrogens is 254 g/mol. The van der Waals surface area contributed by atoms with Crippen LogP contribution in [-0.2, 0) is 13.0 Å². The Balaban J connectivity index is 2.65. The number of hydrogen-bond acceptors (Lipinski definition) is 2. The maximum Gasteiger partial charge on any atom is 0.111 e. The average Bonchev–Trinajstić information content (AvgIpc) is 2.58. The van der Waals surface area contributed by atoms with Gasteiger partial charge in [0.15, 0.2) is 0 Å². The number of nitrogens with zero attached hydrogens (tertiary/aromatic N) is 2. The number of fused-ring (bicyclic) bond motifs is 1. The maximum absolute atomic E-state index is 5.58. The van der Waals surface area contributed by atoms with E-state index < -0.39 is 0 Å². The zero-order valence-electron chi connectivity index (χ0n) is 8.70. The van der Waals surface area contributed by atoms with Crippen LogP contribution in [0.25, 0.3) is 10.9 Å². The van der Waals surface area contributed by atoms with Crippen LogP contribution >= 0.6 is 15.9 Å². The van der Waals surface area contributed by atoms with Crippen molar-refractivity contribution < 1.29 is 0 Å². The zero-order valence-corrected chi connectivity index (χ0v) is 10.3. The molecule has 1 aromatic heterocycles. The zero-order chi connectivity index (χ0) is 10.8. The molecule has 0 aliphatic heterocycles. The van der Waals surface area contributed by atoms with Crippen LogP contribution in [0.3, 0.4) is 0 Å². The van der Waals surface area contributed by atoms with Crippen molar-refractivity contribution in [2.24, 2.45) is 5.73 Å². The third-order valence-corrected chi connectivity index (χ3v) is 3.34. The van der Waals surface area contributed by atoms with Gasteiger partial charge >= 0.3 is 0 Å². The molecule has 0 saturated carbocycles. The van der Waals surface area contributed by atoms with Gasteiger partial charge in [0.2, 0.25) is 0 Å². The molecule has 0 aliphatic carbocycles. The van der Waals surface area contributed by atoms with E-state index >= 15 is 0 Å². The summed E-state index contributed by atoms with van der Waals surface area (Å²) in [6.07, 6.45) is 0.879. The van der Waals surface area contributed by atoms with Crippen LogP contribution in [0, 0.1) is 0 Å². The molecule has 0 unspecified atom stereocenters. The number of rotatable bonds is 3. The molecule has 0 radical (unpaired) electrons. The van der Waals surface area contributed by atoms with Crippen LogP contribution in [-0.4, -0.2) is 16.3 Å². The van der Waals surface area contributed by atoms with Crippen LogP contribution < -0.4 is 5.73 Å². The molecule has 0 aliphatic rings. The molecule has 4 heteroatoms. The Labute approximate surface area is 97.4 Å². The van der Waals surface area contributed by atoms with Crippen molar-refractivity contribution in [2.75, 3.05) is 6.54 Å². The Morgan fingerprint density at radius 1 is 1.47 bits per heavy atom. The molecule has 3 nitrogen and oxygen atoms in total. The first kappa shape index (κ1) is 10.6. The van der Waals surface area contributed by atoms with Crippen molar-refractivity contribution >= 4 is 26.8 Å². The predicted molar refractivity (Wildman–Crippen MR) is 65.9 cm³/mol. The van der Waals surface area contributed by atoms with E-state index in [4.69, 9.17) is 5.73 Å². The molecule has 0 amide bonds. The van der Waals surface area contributed by atoms with Crippen LogP contribution in [0.5, 0.6) is 0 Å². The van der Waals surface area contributed by atoms with Crippen LogP contribution in [0.2, 0.25) is 0 Å². The summed E-state index contributed by atoms with van der Waals surface area (Å²) in [4.78, 5) is 0. The largest absolute Gasteiger partial charge is 0.330 e. The van der Waals surface area contributed by atoms with Gasteiger partial charge in [-0.25, -0.2) is 0 Å². The highest BCUT2D eigenvalue weighted by atomic mass is 79.9. The Kier molecular flexibility index (Phi) is 3.07. The molecule has 80 valence electrons. The van der Waals surface area contributed by atoms with Gasteiger partial charge in [-0.3, -0.25) is 4.68 Å². The number of nitrogens with two attached hydrogens (primary N) is 1. The molecule has 0 fully saturated rings. The fraction of sp³-hybridized carbons (Fsp3) is 0.364. The summed E-state index contributed by atoms with van der Waals surface area (Å²) in [6, 6.07) is 6.23. The topological polar surface area (TPSA) is 43.8 Å². The number of hydrogen-bond donors (Lipinski definition) is 1. The quantitative estimate of drug-likeness (QED) is 0.928. The lowest BCUT2D eigenvalue weighted by Gasteiger charge is -1.98. The van der Waals surface area contributed by atoms with E-state index in [2.05, 4.69) is 46.2 Å². The summed E-state index contributed by atoms with van der Waals surface area (Å²) < 4.78 is 3.02. The molecule has 0 atom stereocenters. The monoisotopic (exact) mass is 267 g/mol. The molecule has 1 aromatic carbocycles. The maximum atomic E-state index is 5.58. The summed E-state index contributed by atoms with van der Waals surface area (Å²) >= 11 is 3.57. The minimum atomic E-state index is 0.662. The molecule has 1 heterocycles. The highest BCUT2D eigenvalue weighted by molar-refractivity contribution is 9.10. The third-order valence-electron chi connectivity index (χ3n) is 2.50. The first-order chi connectivity index (χ1) is 7.27. The minimum Gasteiger partial charge on any atom is -0.330 e. The van der Waals surface area contributed by atoms with E-state index in [0.717, 1.165) is 23.1 Å². The van der Waals surface area contributed by atoms with Crippen LogP contribution in [0.1, 0.15) is 12.5 Å². The van der Waals surface area contributed by atoms with Gasteiger partial charge in [0.1, 0.15) is 4.60 Å². The van der Waals surface area contributed by atoms with Gasteiger partial charge < -0.3 is 5.73 Å². The van der Waals surface area contributed by atoms with Gasteiger partial charge in [0.05, 0.1) is 5.52 Å². The molecular formula is C11H14BrN3. The second-order valence-electron chi connectivity index (χ2n) is 3.46. The van der Waals surface area contributed by atoms with Crippen molar-refractivity contribution in [3.63, 3.8) is 0 Å². The lowest BCUT2D eigenvalue weighted by molar-refractivity contribution is 0.652. The van der Waals surface area contributed by atoms with Gasteiger partial charge in [-0.1, -0.05) is 18.2 Å². The number of aromatic nitrogens is 2. The van der Waals surface area contributed by atoms with Crippen molar-refractivity contribution in [3.8, 4) is 0 Å². The normalized spacial score (nSPS) is 11.1. The lowest BCUT2D eigenvalue weighted by atomic mass is 10.1. The summed E-state index contributed by atoms with van der Waals surface area (Å²) in [6.45, 7) is 3.62. The van der Waals surface area contributed by atoms with Gasteiger partial charge in [0.25, 0.3) is 0 Å².